The fraction of sp³-hybridized carbons (Fsp3) is 0.231. The lowest BCUT2D eigenvalue weighted by Crippen LogP contribution is -2.43. The first-order chi connectivity index (χ1) is 16.0. The molecular formula is C26H27NO6. The lowest BCUT2D eigenvalue weighted by molar-refractivity contribution is -0.142. The largest absolute Gasteiger partial charge is 0.485 e. The maximum absolute atomic E-state index is 11.8. The van der Waals surface area contributed by atoms with Crippen LogP contribution < -0.4 is 14.8 Å². The van der Waals surface area contributed by atoms with Gasteiger partial charge in [0.25, 0.3) is 0 Å². The van der Waals surface area contributed by atoms with Crippen molar-refractivity contribution in [2.45, 2.75) is 25.7 Å². The number of benzene rings is 3. The van der Waals surface area contributed by atoms with Gasteiger partial charge < -0.3 is 24.6 Å². The van der Waals surface area contributed by atoms with Gasteiger partial charge in [-0.15, -0.1) is 0 Å². The summed E-state index contributed by atoms with van der Waals surface area (Å²) in [5.41, 5.74) is 2.70. The minimum atomic E-state index is -1.13. The zero-order valence-electron chi connectivity index (χ0n) is 18.4. The third-order valence-electron chi connectivity index (χ3n) is 4.83. The van der Waals surface area contributed by atoms with Crippen molar-refractivity contribution in [1.82, 2.24) is 5.32 Å². The van der Waals surface area contributed by atoms with Crippen LogP contribution in [0.3, 0.4) is 0 Å². The summed E-state index contributed by atoms with van der Waals surface area (Å²) in [7, 11) is 1.37. The maximum Gasteiger partial charge on any atom is 0.326 e. The van der Waals surface area contributed by atoms with Crippen molar-refractivity contribution in [1.29, 1.82) is 0 Å². The van der Waals surface area contributed by atoms with Crippen LogP contribution in [0.1, 0.15) is 16.7 Å². The highest BCUT2D eigenvalue weighted by Gasteiger charge is 2.21. The molecule has 0 spiro atoms. The SMILES string of the molecule is COCC(=O)N[C@@H](Cc1ccc(OCc2ccccc2)c(OCc2ccccc2)c1)C(=O)O. The summed E-state index contributed by atoms with van der Waals surface area (Å²) in [6.45, 7) is 0.493. The molecule has 1 atom stereocenters. The van der Waals surface area contributed by atoms with Gasteiger partial charge in [0.1, 0.15) is 25.9 Å². The van der Waals surface area contributed by atoms with Gasteiger partial charge in [0.05, 0.1) is 0 Å². The van der Waals surface area contributed by atoms with Crippen molar-refractivity contribution in [3.8, 4) is 11.5 Å². The molecule has 0 saturated heterocycles. The Morgan fingerprint density at radius 3 is 1.94 bits per heavy atom. The standard InChI is InChI=1S/C26H27NO6/c1-31-18-25(28)27-22(26(29)30)14-21-12-13-23(32-16-19-8-4-2-5-9-19)24(15-21)33-17-20-10-6-3-7-11-20/h2-13,15,22H,14,16-18H2,1H3,(H,27,28)(H,29,30)/t22-/m0/s1. The number of carboxylic acid groups (broad SMARTS) is 1. The second kappa shape index (κ2) is 12.3. The number of hydrogen-bond acceptors (Lipinski definition) is 5. The maximum atomic E-state index is 11.8. The molecule has 3 rings (SSSR count). The van der Waals surface area contributed by atoms with Gasteiger partial charge in [-0.3, -0.25) is 4.79 Å². The summed E-state index contributed by atoms with van der Waals surface area (Å²) in [6.07, 6.45) is 0.0887. The number of hydrogen-bond donors (Lipinski definition) is 2. The number of aliphatic carboxylic acids is 1. The molecule has 0 heterocycles. The molecule has 3 aromatic rings. The van der Waals surface area contributed by atoms with Crippen molar-refractivity contribution in [3.63, 3.8) is 0 Å². The second-order valence-electron chi connectivity index (χ2n) is 7.43. The van der Waals surface area contributed by atoms with Gasteiger partial charge in [-0.2, -0.15) is 0 Å². The lowest BCUT2D eigenvalue weighted by atomic mass is 10.1. The number of rotatable bonds is 12. The van der Waals surface area contributed by atoms with E-state index in [1.165, 1.54) is 7.11 Å². The predicted molar refractivity (Wildman–Crippen MR) is 123 cm³/mol. The van der Waals surface area contributed by atoms with Gasteiger partial charge in [0.15, 0.2) is 11.5 Å². The molecule has 0 bridgehead atoms. The first-order valence-electron chi connectivity index (χ1n) is 10.5. The number of carbonyl (C=O) groups excluding carboxylic acids is 1. The van der Waals surface area contributed by atoms with Gasteiger partial charge in [-0.25, -0.2) is 4.79 Å². The topological polar surface area (TPSA) is 94.1 Å². The quantitative estimate of drug-likeness (QED) is 0.439. The zero-order valence-corrected chi connectivity index (χ0v) is 18.4. The minimum absolute atomic E-state index is 0.0887. The van der Waals surface area contributed by atoms with E-state index in [4.69, 9.17) is 14.2 Å². The molecular weight excluding hydrogens is 422 g/mol. The highest BCUT2D eigenvalue weighted by molar-refractivity contribution is 5.84. The molecule has 0 fully saturated rings. The Kier molecular flexibility index (Phi) is 8.85. The molecule has 7 nitrogen and oxygen atoms in total. The fourth-order valence-electron chi connectivity index (χ4n) is 3.19. The predicted octanol–water partition coefficient (Wildman–Crippen LogP) is 3.60. The smallest absolute Gasteiger partial charge is 0.326 e. The van der Waals surface area contributed by atoms with E-state index < -0.39 is 17.9 Å². The molecule has 0 saturated carbocycles. The Morgan fingerprint density at radius 1 is 0.818 bits per heavy atom. The third kappa shape index (κ3) is 7.66. The fourth-order valence-corrected chi connectivity index (χ4v) is 3.19. The number of amides is 1. The number of carbonyl (C=O) groups is 2. The summed E-state index contributed by atoms with van der Waals surface area (Å²) in [5.74, 6) is -0.572. The number of nitrogens with one attached hydrogen (secondary N) is 1. The molecule has 0 aliphatic carbocycles. The van der Waals surface area contributed by atoms with E-state index in [1.54, 1.807) is 18.2 Å². The molecule has 0 radical (unpaired) electrons. The van der Waals surface area contributed by atoms with Crippen LogP contribution in [0.5, 0.6) is 11.5 Å². The van der Waals surface area contributed by atoms with E-state index in [0.29, 0.717) is 30.3 Å². The number of ether oxygens (including phenoxy) is 3. The average molecular weight is 450 g/mol. The first-order valence-corrected chi connectivity index (χ1v) is 10.5. The number of carboxylic acids is 1. The lowest BCUT2D eigenvalue weighted by Gasteiger charge is -2.17. The van der Waals surface area contributed by atoms with Crippen LogP contribution in [0.15, 0.2) is 78.9 Å². The monoisotopic (exact) mass is 449 g/mol. The van der Waals surface area contributed by atoms with Crippen LogP contribution in [0, 0.1) is 0 Å². The summed E-state index contributed by atoms with van der Waals surface area (Å²) >= 11 is 0. The Hall–Kier alpha value is -3.84. The molecule has 0 aromatic heterocycles. The van der Waals surface area contributed by atoms with E-state index in [1.807, 2.05) is 60.7 Å². The van der Waals surface area contributed by atoms with Crippen molar-refractivity contribution >= 4 is 11.9 Å². The van der Waals surface area contributed by atoms with Crippen molar-refractivity contribution in [3.05, 3.63) is 95.6 Å². The van der Waals surface area contributed by atoms with Gasteiger partial charge in [-0.05, 0) is 28.8 Å². The van der Waals surface area contributed by atoms with E-state index in [2.05, 4.69) is 5.32 Å². The highest BCUT2D eigenvalue weighted by atomic mass is 16.5. The van der Waals surface area contributed by atoms with Crippen LogP contribution in [0.2, 0.25) is 0 Å². The normalized spacial score (nSPS) is 11.4. The molecule has 1 amide bonds. The van der Waals surface area contributed by atoms with Gasteiger partial charge in [0.2, 0.25) is 5.91 Å². The van der Waals surface area contributed by atoms with Crippen LogP contribution in [-0.2, 0) is 34.0 Å². The summed E-state index contributed by atoms with van der Waals surface area (Å²) in [6, 6.07) is 23.7. The Labute approximate surface area is 192 Å². The summed E-state index contributed by atoms with van der Waals surface area (Å²) in [5, 5.41) is 12.0. The van der Waals surface area contributed by atoms with Crippen molar-refractivity contribution < 1.29 is 28.9 Å². The van der Waals surface area contributed by atoms with Crippen LogP contribution in [-0.4, -0.2) is 36.7 Å². The number of methoxy groups -OCH3 is 1. The minimum Gasteiger partial charge on any atom is -0.485 e. The molecule has 2 N–H and O–H groups in total. The molecule has 3 aromatic carbocycles. The second-order valence-corrected chi connectivity index (χ2v) is 7.43. The molecule has 0 aliphatic heterocycles. The molecule has 172 valence electrons. The Balaban J connectivity index is 1.77. The molecule has 0 aliphatic rings. The zero-order chi connectivity index (χ0) is 23.5. The van der Waals surface area contributed by atoms with Gasteiger partial charge in [0, 0.05) is 13.5 Å². The Bertz CT molecular complexity index is 1040. The van der Waals surface area contributed by atoms with Gasteiger partial charge >= 0.3 is 5.97 Å². The average Bonchev–Trinajstić information content (AvgIpc) is 2.83. The summed E-state index contributed by atoms with van der Waals surface area (Å²) in [4.78, 5) is 23.5. The van der Waals surface area contributed by atoms with Crippen LogP contribution in [0.25, 0.3) is 0 Å². The van der Waals surface area contributed by atoms with Crippen LogP contribution in [0.4, 0.5) is 0 Å². The van der Waals surface area contributed by atoms with Gasteiger partial charge in [-0.1, -0.05) is 66.7 Å². The van der Waals surface area contributed by atoms with E-state index >= 15 is 0 Å². The van der Waals surface area contributed by atoms with Crippen molar-refractivity contribution in [2.24, 2.45) is 0 Å². The van der Waals surface area contributed by atoms with E-state index in [0.717, 1.165) is 11.1 Å². The first kappa shape index (κ1) is 23.8. The Morgan fingerprint density at radius 2 is 1.39 bits per heavy atom. The van der Waals surface area contributed by atoms with E-state index in [-0.39, 0.29) is 13.0 Å². The third-order valence-corrected chi connectivity index (χ3v) is 4.83. The molecule has 7 heteroatoms. The summed E-state index contributed by atoms with van der Waals surface area (Å²) < 4.78 is 16.8. The van der Waals surface area contributed by atoms with Crippen molar-refractivity contribution in [2.75, 3.05) is 13.7 Å². The molecule has 33 heavy (non-hydrogen) atoms. The van der Waals surface area contributed by atoms with E-state index in [9.17, 15) is 14.7 Å². The van der Waals surface area contributed by atoms with Crippen LogP contribution >= 0.6 is 0 Å². The highest BCUT2D eigenvalue weighted by Crippen LogP contribution is 2.30. The molecule has 0 unspecified atom stereocenters.